The number of rotatable bonds is 7. The first-order chi connectivity index (χ1) is 9.35. The number of aliphatic carboxylic acids is 1. The van der Waals surface area contributed by atoms with Crippen molar-refractivity contribution in [3.05, 3.63) is 0 Å². The van der Waals surface area contributed by atoms with Crippen molar-refractivity contribution >= 4 is 17.8 Å². The summed E-state index contributed by atoms with van der Waals surface area (Å²) in [4.78, 5) is 39.8. The fourth-order valence-corrected chi connectivity index (χ4v) is 2.25. The number of carbonyl (C=O) groups is 3. The van der Waals surface area contributed by atoms with E-state index in [0.717, 1.165) is 0 Å². The van der Waals surface area contributed by atoms with Gasteiger partial charge in [-0.25, -0.2) is 0 Å². The molecule has 1 saturated heterocycles. The fourth-order valence-electron chi connectivity index (χ4n) is 2.25. The van der Waals surface area contributed by atoms with Crippen molar-refractivity contribution in [2.75, 3.05) is 46.8 Å². The van der Waals surface area contributed by atoms with Crippen molar-refractivity contribution in [1.29, 1.82) is 0 Å². The lowest BCUT2D eigenvalue weighted by molar-refractivity contribution is -0.146. The highest BCUT2D eigenvalue weighted by molar-refractivity contribution is 5.90. The van der Waals surface area contributed by atoms with Crippen molar-refractivity contribution in [2.45, 2.75) is 13.3 Å². The maximum Gasteiger partial charge on any atom is 0.323 e. The molecular weight excluding hydrogens is 262 g/mol. The van der Waals surface area contributed by atoms with E-state index >= 15 is 0 Å². The van der Waals surface area contributed by atoms with Crippen LogP contribution in [0.5, 0.6) is 0 Å². The first-order valence-electron chi connectivity index (χ1n) is 6.78. The molecule has 0 spiro atoms. The summed E-state index contributed by atoms with van der Waals surface area (Å²) < 4.78 is 0. The summed E-state index contributed by atoms with van der Waals surface area (Å²) in [6.45, 7) is 3.48. The maximum atomic E-state index is 12.4. The van der Waals surface area contributed by atoms with Gasteiger partial charge in [0.1, 0.15) is 6.54 Å². The first-order valence-corrected chi connectivity index (χ1v) is 6.78. The summed E-state index contributed by atoms with van der Waals surface area (Å²) in [5.41, 5.74) is 0. The van der Waals surface area contributed by atoms with E-state index in [1.54, 1.807) is 4.90 Å². The third kappa shape index (κ3) is 4.48. The highest BCUT2D eigenvalue weighted by Gasteiger charge is 2.36. The lowest BCUT2D eigenvalue weighted by Gasteiger charge is -2.25. The van der Waals surface area contributed by atoms with Crippen LogP contribution in [0.15, 0.2) is 0 Å². The van der Waals surface area contributed by atoms with Gasteiger partial charge < -0.3 is 19.8 Å². The normalized spacial score (nSPS) is 18.7. The van der Waals surface area contributed by atoms with Crippen LogP contribution in [0.25, 0.3) is 0 Å². The summed E-state index contributed by atoms with van der Waals surface area (Å²) in [5, 5.41) is 8.91. The fraction of sp³-hybridized carbons (Fsp3) is 0.769. The van der Waals surface area contributed by atoms with E-state index in [2.05, 4.69) is 0 Å². The number of hydrogen-bond donors (Lipinski definition) is 1. The van der Waals surface area contributed by atoms with E-state index in [-0.39, 0.29) is 24.8 Å². The molecule has 0 aliphatic carbocycles. The van der Waals surface area contributed by atoms with E-state index in [9.17, 15) is 14.4 Å². The smallest absolute Gasteiger partial charge is 0.323 e. The van der Waals surface area contributed by atoms with Crippen LogP contribution in [0.2, 0.25) is 0 Å². The molecule has 114 valence electrons. The number of likely N-dealkylation sites (tertiary alicyclic amines) is 1. The van der Waals surface area contributed by atoms with Gasteiger partial charge >= 0.3 is 5.97 Å². The molecule has 1 atom stereocenters. The van der Waals surface area contributed by atoms with Crippen molar-refractivity contribution in [1.82, 2.24) is 14.7 Å². The predicted octanol–water partition coefficient (Wildman–Crippen LogP) is -0.670. The minimum Gasteiger partial charge on any atom is -0.480 e. The molecule has 1 unspecified atom stereocenters. The molecule has 7 nitrogen and oxygen atoms in total. The Kier molecular flexibility index (Phi) is 5.94. The minimum absolute atomic E-state index is 0.0336. The van der Waals surface area contributed by atoms with E-state index in [0.29, 0.717) is 26.2 Å². The molecule has 0 aromatic heterocycles. The van der Waals surface area contributed by atoms with Crippen LogP contribution in [0.3, 0.4) is 0 Å². The van der Waals surface area contributed by atoms with Crippen molar-refractivity contribution in [2.24, 2.45) is 5.92 Å². The number of carboxylic acids is 1. The number of carbonyl (C=O) groups excluding carboxylic acids is 2. The molecule has 20 heavy (non-hydrogen) atoms. The zero-order valence-electron chi connectivity index (χ0n) is 12.3. The molecule has 1 N–H and O–H groups in total. The molecule has 0 bridgehead atoms. The van der Waals surface area contributed by atoms with Crippen LogP contribution in [-0.4, -0.2) is 84.4 Å². The molecule has 1 aliphatic heterocycles. The van der Waals surface area contributed by atoms with E-state index < -0.39 is 11.9 Å². The van der Waals surface area contributed by atoms with Crippen molar-refractivity contribution < 1.29 is 19.5 Å². The zero-order valence-corrected chi connectivity index (χ0v) is 12.3. The highest BCUT2D eigenvalue weighted by atomic mass is 16.4. The van der Waals surface area contributed by atoms with Gasteiger partial charge in [0.2, 0.25) is 11.8 Å². The Morgan fingerprint density at radius 3 is 2.45 bits per heavy atom. The molecule has 0 radical (unpaired) electrons. The number of hydrogen-bond acceptors (Lipinski definition) is 4. The van der Waals surface area contributed by atoms with Gasteiger partial charge in [0, 0.05) is 32.6 Å². The van der Waals surface area contributed by atoms with Crippen LogP contribution in [0.4, 0.5) is 0 Å². The molecular formula is C13H23N3O4. The average Bonchev–Trinajstić information content (AvgIpc) is 2.74. The topological polar surface area (TPSA) is 81.2 Å². The van der Waals surface area contributed by atoms with Gasteiger partial charge in [0.25, 0.3) is 0 Å². The Morgan fingerprint density at radius 1 is 1.35 bits per heavy atom. The van der Waals surface area contributed by atoms with Gasteiger partial charge in [-0.15, -0.1) is 0 Å². The lowest BCUT2D eigenvalue weighted by Crippen LogP contribution is -2.43. The molecule has 1 aliphatic rings. The van der Waals surface area contributed by atoms with Gasteiger partial charge in [-0.1, -0.05) is 0 Å². The summed E-state index contributed by atoms with van der Waals surface area (Å²) in [6, 6.07) is 0. The Hall–Kier alpha value is -1.63. The molecule has 1 heterocycles. The molecule has 0 aromatic rings. The molecule has 2 amide bonds. The van der Waals surface area contributed by atoms with E-state index in [1.807, 2.05) is 25.9 Å². The Morgan fingerprint density at radius 2 is 2.00 bits per heavy atom. The Balaban J connectivity index is 2.67. The number of nitrogens with zero attached hydrogens (tertiary/aromatic N) is 3. The number of amides is 2. The quantitative estimate of drug-likeness (QED) is 0.671. The SMILES string of the molecule is CCN1CC(C(=O)N(CCN(C)C)CC(=O)O)CC1=O. The molecule has 0 saturated carbocycles. The van der Waals surface area contributed by atoms with Crippen LogP contribution in [-0.2, 0) is 14.4 Å². The zero-order chi connectivity index (χ0) is 15.3. The Bertz CT molecular complexity index is 384. The Labute approximate surface area is 119 Å². The first kappa shape index (κ1) is 16.4. The van der Waals surface area contributed by atoms with Crippen molar-refractivity contribution in [3.8, 4) is 0 Å². The third-order valence-corrected chi connectivity index (χ3v) is 3.40. The average molecular weight is 285 g/mol. The van der Waals surface area contributed by atoms with Gasteiger partial charge in [-0.05, 0) is 21.0 Å². The molecule has 0 aromatic carbocycles. The van der Waals surface area contributed by atoms with E-state index in [1.165, 1.54) is 4.90 Å². The third-order valence-electron chi connectivity index (χ3n) is 3.40. The molecule has 7 heteroatoms. The monoisotopic (exact) mass is 285 g/mol. The molecule has 1 fully saturated rings. The second-order valence-corrected chi connectivity index (χ2v) is 5.29. The summed E-state index contributed by atoms with van der Waals surface area (Å²) in [7, 11) is 3.72. The van der Waals surface area contributed by atoms with Gasteiger partial charge in [0.05, 0.1) is 5.92 Å². The van der Waals surface area contributed by atoms with E-state index in [4.69, 9.17) is 5.11 Å². The largest absolute Gasteiger partial charge is 0.480 e. The summed E-state index contributed by atoms with van der Waals surface area (Å²) >= 11 is 0. The van der Waals surface area contributed by atoms with Crippen LogP contribution >= 0.6 is 0 Å². The summed E-state index contributed by atoms with van der Waals surface area (Å²) in [6.07, 6.45) is 0.185. The molecule has 1 rings (SSSR count). The second-order valence-electron chi connectivity index (χ2n) is 5.29. The van der Waals surface area contributed by atoms with Crippen molar-refractivity contribution in [3.63, 3.8) is 0 Å². The van der Waals surface area contributed by atoms with Gasteiger partial charge in [-0.3, -0.25) is 14.4 Å². The predicted molar refractivity (Wildman–Crippen MR) is 73.1 cm³/mol. The maximum absolute atomic E-state index is 12.4. The lowest BCUT2D eigenvalue weighted by atomic mass is 10.1. The summed E-state index contributed by atoms with van der Waals surface area (Å²) in [5.74, 6) is -1.72. The standard InChI is InChI=1S/C13H23N3O4/c1-4-15-8-10(7-11(15)17)13(20)16(9-12(18)19)6-5-14(2)3/h10H,4-9H2,1-3H3,(H,18,19). The minimum atomic E-state index is -1.03. The van der Waals surface area contributed by atoms with Crippen LogP contribution < -0.4 is 0 Å². The highest BCUT2D eigenvalue weighted by Crippen LogP contribution is 2.19. The number of carboxylic acid groups (broad SMARTS) is 1. The van der Waals surface area contributed by atoms with Crippen LogP contribution in [0.1, 0.15) is 13.3 Å². The van der Waals surface area contributed by atoms with Gasteiger partial charge in [-0.2, -0.15) is 0 Å². The number of likely N-dealkylation sites (N-methyl/N-ethyl adjacent to an activating group) is 1. The van der Waals surface area contributed by atoms with Crippen LogP contribution in [0, 0.1) is 5.92 Å². The second kappa shape index (κ2) is 7.23. The van der Waals surface area contributed by atoms with Gasteiger partial charge in [0.15, 0.2) is 0 Å².